The van der Waals surface area contributed by atoms with Crippen molar-refractivity contribution in [1.82, 2.24) is 10.9 Å². The summed E-state index contributed by atoms with van der Waals surface area (Å²) in [5.41, 5.74) is 10.6. The molecule has 0 aliphatic carbocycles. The Morgan fingerprint density at radius 2 is 2.12 bits per heavy atom. The molecule has 0 heterocycles. The summed E-state index contributed by atoms with van der Waals surface area (Å²) in [6.07, 6.45) is 0. The van der Waals surface area contributed by atoms with Crippen molar-refractivity contribution in [2.45, 2.75) is 12.6 Å². The predicted octanol–water partition coefficient (Wildman–Crippen LogP) is -1.46. The summed E-state index contributed by atoms with van der Waals surface area (Å²) in [5.74, 6) is -0.679. The van der Waals surface area contributed by atoms with Gasteiger partial charge in [-0.15, -0.1) is 0 Å². The number of aliphatic hydroxyl groups excluding tert-OH is 1. The number of amides is 1. The first kappa shape index (κ1) is 13.2. The maximum Gasteiger partial charge on any atom is 0.253 e. The third-order valence-corrected chi connectivity index (χ3v) is 2.09. The highest BCUT2D eigenvalue weighted by Crippen LogP contribution is 2.21. The van der Waals surface area contributed by atoms with Crippen molar-refractivity contribution in [1.29, 1.82) is 0 Å². The number of hydrogen-bond donors (Lipinski definition) is 6. The molecule has 1 atom stereocenters. The van der Waals surface area contributed by atoms with E-state index in [1.807, 2.05) is 0 Å². The molecule has 1 unspecified atom stereocenters. The molecule has 94 valence electrons. The monoisotopic (exact) mass is 241 g/mol. The molecule has 1 aromatic carbocycles. The molecule has 0 spiro atoms. The van der Waals surface area contributed by atoms with Gasteiger partial charge in [0.25, 0.3) is 5.91 Å². The van der Waals surface area contributed by atoms with Crippen molar-refractivity contribution in [3.63, 3.8) is 0 Å². The van der Waals surface area contributed by atoms with Crippen LogP contribution in [0, 0.1) is 0 Å². The van der Waals surface area contributed by atoms with Crippen molar-refractivity contribution in [2.24, 2.45) is 5.73 Å². The highest BCUT2D eigenvalue weighted by Gasteiger charge is 2.11. The van der Waals surface area contributed by atoms with Crippen LogP contribution in [0.15, 0.2) is 18.2 Å². The summed E-state index contributed by atoms with van der Waals surface area (Å²) in [4.78, 5) is 11.1. The fourth-order valence-electron chi connectivity index (χ4n) is 1.10. The molecule has 0 aliphatic rings. The second-order valence-electron chi connectivity index (χ2n) is 3.44. The fraction of sp³-hybridized carbons (Fsp3) is 0.300. The third kappa shape index (κ3) is 3.91. The van der Waals surface area contributed by atoms with Gasteiger partial charge in [0.15, 0.2) is 0 Å². The Balaban J connectivity index is 2.43. The molecule has 0 bridgehead atoms. The zero-order chi connectivity index (χ0) is 12.8. The Morgan fingerprint density at radius 1 is 1.41 bits per heavy atom. The van der Waals surface area contributed by atoms with Crippen LogP contribution in [0.3, 0.4) is 0 Å². The number of benzene rings is 1. The van der Waals surface area contributed by atoms with Crippen LogP contribution in [-0.4, -0.2) is 33.9 Å². The number of aromatic hydroxyl groups is 2. The van der Waals surface area contributed by atoms with Gasteiger partial charge < -0.3 is 21.1 Å². The molecule has 0 fully saturated rings. The molecular weight excluding hydrogens is 226 g/mol. The van der Waals surface area contributed by atoms with Gasteiger partial charge >= 0.3 is 0 Å². The van der Waals surface area contributed by atoms with Gasteiger partial charge in [0.1, 0.15) is 17.5 Å². The molecule has 1 aromatic rings. The summed E-state index contributed by atoms with van der Waals surface area (Å²) in [7, 11) is 0. The Labute approximate surface area is 97.8 Å². The number of hydrogen-bond acceptors (Lipinski definition) is 6. The van der Waals surface area contributed by atoms with E-state index < -0.39 is 18.6 Å². The summed E-state index contributed by atoms with van der Waals surface area (Å²) in [6, 6.07) is 3.13. The van der Waals surface area contributed by atoms with E-state index >= 15 is 0 Å². The van der Waals surface area contributed by atoms with Gasteiger partial charge in [-0.2, -0.15) is 0 Å². The topological polar surface area (TPSA) is 128 Å². The van der Waals surface area contributed by atoms with Crippen molar-refractivity contribution in [3.05, 3.63) is 23.8 Å². The van der Waals surface area contributed by atoms with Gasteiger partial charge in [-0.3, -0.25) is 10.2 Å². The van der Waals surface area contributed by atoms with Crippen LogP contribution in [-0.2, 0) is 11.3 Å². The average molecular weight is 241 g/mol. The second kappa shape index (κ2) is 6.04. The Hall–Kier alpha value is -1.83. The number of nitrogens with one attached hydrogen (secondary N) is 2. The van der Waals surface area contributed by atoms with Crippen LogP contribution in [0.2, 0.25) is 0 Å². The number of carbonyl (C=O) groups is 1. The van der Waals surface area contributed by atoms with Crippen molar-refractivity contribution in [2.75, 3.05) is 6.61 Å². The zero-order valence-electron chi connectivity index (χ0n) is 9.05. The molecule has 0 radical (unpaired) electrons. The standard InChI is InChI=1S/C10H15N3O4/c11-8(5-14)10(17)13-12-4-6-1-2-7(15)3-9(6)16/h1-3,8,12,14-16H,4-5,11H2,(H,13,17). The number of nitrogens with two attached hydrogens (primary N) is 1. The first-order valence-corrected chi connectivity index (χ1v) is 4.94. The van der Waals surface area contributed by atoms with Crippen LogP contribution < -0.4 is 16.6 Å². The maximum absolute atomic E-state index is 11.1. The Morgan fingerprint density at radius 3 is 2.71 bits per heavy atom. The number of rotatable bonds is 5. The molecule has 0 aromatic heterocycles. The van der Waals surface area contributed by atoms with Gasteiger partial charge in [0.05, 0.1) is 6.61 Å². The Kier molecular flexibility index (Phi) is 4.70. The van der Waals surface area contributed by atoms with Crippen molar-refractivity contribution < 1.29 is 20.1 Å². The van der Waals surface area contributed by atoms with Gasteiger partial charge in [-0.1, -0.05) is 6.07 Å². The normalized spacial score (nSPS) is 12.1. The lowest BCUT2D eigenvalue weighted by Gasteiger charge is -2.11. The molecule has 0 saturated carbocycles. The van der Waals surface area contributed by atoms with Crippen molar-refractivity contribution in [3.8, 4) is 11.5 Å². The number of carbonyl (C=O) groups excluding carboxylic acids is 1. The largest absolute Gasteiger partial charge is 0.508 e. The molecule has 1 amide bonds. The van der Waals surface area contributed by atoms with Gasteiger partial charge in [0, 0.05) is 18.2 Å². The lowest BCUT2D eigenvalue weighted by molar-refractivity contribution is -0.124. The van der Waals surface area contributed by atoms with E-state index in [-0.39, 0.29) is 18.0 Å². The quantitative estimate of drug-likeness (QED) is 0.350. The zero-order valence-corrected chi connectivity index (χ0v) is 9.05. The number of hydrazine groups is 1. The van der Waals surface area contributed by atoms with E-state index in [1.165, 1.54) is 18.2 Å². The molecule has 0 aliphatic heterocycles. The van der Waals surface area contributed by atoms with Crippen molar-refractivity contribution >= 4 is 5.91 Å². The Bertz CT molecular complexity index is 397. The molecule has 17 heavy (non-hydrogen) atoms. The van der Waals surface area contributed by atoms with E-state index in [0.717, 1.165) is 0 Å². The minimum absolute atomic E-state index is 0.0439. The molecule has 7 nitrogen and oxygen atoms in total. The highest BCUT2D eigenvalue weighted by atomic mass is 16.3. The minimum atomic E-state index is -0.990. The predicted molar refractivity (Wildman–Crippen MR) is 59.8 cm³/mol. The van der Waals surface area contributed by atoms with Crippen LogP contribution in [0.25, 0.3) is 0 Å². The van der Waals surface area contributed by atoms with E-state index in [9.17, 15) is 9.90 Å². The molecule has 0 saturated heterocycles. The summed E-state index contributed by atoms with van der Waals surface area (Å²) < 4.78 is 0. The van der Waals surface area contributed by atoms with Gasteiger partial charge in [0.2, 0.25) is 0 Å². The molecular formula is C10H15N3O4. The summed E-state index contributed by atoms with van der Waals surface area (Å²) >= 11 is 0. The fourth-order valence-corrected chi connectivity index (χ4v) is 1.10. The maximum atomic E-state index is 11.1. The first-order valence-electron chi connectivity index (χ1n) is 4.94. The molecule has 7 N–H and O–H groups in total. The number of phenolic OH excluding ortho intramolecular Hbond substituents is 2. The van der Waals surface area contributed by atoms with E-state index in [4.69, 9.17) is 15.9 Å². The minimum Gasteiger partial charge on any atom is -0.508 e. The number of aliphatic hydroxyl groups is 1. The highest BCUT2D eigenvalue weighted by molar-refractivity contribution is 5.81. The van der Waals surface area contributed by atoms with Gasteiger partial charge in [-0.25, -0.2) is 5.43 Å². The molecule has 7 heteroatoms. The third-order valence-electron chi connectivity index (χ3n) is 2.09. The SMILES string of the molecule is NC(CO)C(=O)NNCc1ccc(O)cc1O. The van der Waals surface area contributed by atoms with E-state index in [1.54, 1.807) is 0 Å². The number of phenols is 2. The average Bonchev–Trinajstić information content (AvgIpc) is 2.30. The lowest BCUT2D eigenvalue weighted by Crippen LogP contribution is -2.48. The molecule has 1 rings (SSSR count). The van der Waals surface area contributed by atoms with Crippen LogP contribution in [0.1, 0.15) is 5.56 Å². The van der Waals surface area contributed by atoms with Gasteiger partial charge in [-0.05, 0) is 6.07 Å². The second-order valence-corrected chi connectivity index (χ2v) is 3.44. The van der Waals surface area contributed by atoms with Crippen LogP contribution in [0.5, 0.6) is 11.5 Å². The smallest absolute Gasteiger partial charge is 0.253 e. The van der Waals surface area contributed by atoms with E-state index in [0.29, 0.717) is 5.56 Å². The summed E-state index contributed by atoms with van der Waals surface area (Å²) in [6.45, 7) is -0.284. The first-order chi connectivity index (χ1) is 8.04. The summed E-state index contributed by atoms with van der Waals surface area (Å²) in [5, 5.41) is 27.1. The van der Waals surface area contributed by atoms with Crippen LogP contribution in [0.4, 0.5) is 0 Å². The lowest BCUT2D eigenvalue weighted by atomic mass is 10.2. The van der Waals surface area contributed by atoms with Crippen LogP contribution >= 0.6 is 0 Å². The van der Waals surface area contributed by atoms with E-state index in [2.05, 4.69) is 10.9 Å².